The smallest absolute Gasteiger partial charge is 0.115 e. The Morgan fingerprint density at radius 1 is 1.25 bits per heavy atom. The van der Waals surface area contributed by atoms with Crippen LogP contribution in [0.3, 0.4) is 0 Å². The Balaban J connectivity index is 3.12. The molecule has 0 fully saturated rings. The van der Waals surface area contributed by atoms with E-state index in [9.17, 15) is 5.11 Å². The Morgan fingerprint density at radius 3 is 2.25 bits per heavy atom. The fourth-order valence-corrected chi connectivity index (χ4v) is 1.57. The van der Waals surface area contributed by atoms with Gasteiger partial charge in [0.2, 0.25) is 0 Å². The molecular formula is C14H17NO. The van der Waals surface area contributed by atoms with E-state index in [-0.39, 0.29) is 5.75 Å². The highest BCUT2D eigenvalue weighted by molar-refractivity contribution is 5.58. The molecule has 1 aromatic carbocycles. The minimum absolute atomic E-state index is 0.260. The SMILES string of the molecule is C=CC=C(C)N(C(=C)C)c1ccc(O)cc1. The first-order valence-electron chi connectivity index (χ1n) is 5.10. The summed E-state index contributed by atoms with van der Waals surface area (Å²) >= 11 is 0. The van der Waals surface area contributed by atoms with Crippen molar-refractivity contribution in [3.05, 3.63) is 61.0 Å². The summed E-state index contributed by atoms with van der Waals surface area (Å²) in [6.07, 6.45) is 3.66. The molecule has 16 heavy (non-hydrogen) atoms. The molecule has 1 rings (SSSR count). The number of phenolic OH excluding ortho intramolecular Hbond substituents is 1. The van der Waals surface area contributed by atoms with Crippen molar-refractivity contribution in [2.24, 2.45) is 0 Å². The Kier molecular flexibility index (Phi) is 3.95. The molecule has 0 unspecified atom stereocenters. The zero-order chi connectivity index (χ0) is 12.1. The Hall–Kier alpha value is -1.96. The third kappa shape index (κ3) is 2.76. The van der Waals surface area contributed by atoms with Gasteiger partial charge in [0.1, 0.15) is 5.75 Å². The van der Waals surface area contributed by atoms with E-state index in [1.807, 2.05) is 37.0 Å². The van der Waals surface area contributed by atoms with Crippen LogP contribution in [0.5, 0.6) is 5.75 Å². The highest BCUT2D eigenvalue weighted by Crippen LogP contribution is 2.25. The minimum Gasteiger partial charge on any atom is -0.508 e. The topological polar surface area (TPSA) is 23.5 Å². The van der Waals surface area contributed by atoms with Crippen LogP contribution in [0.4, 0.5) is 5.69 Å². The maximum Gasteiger partial charge on any atom is 0.115 e. The van der Waals surface area contributed by atoms with Gasteiger partial charge in [-0.1, -0.05) is 19.2 Å². The normalized spacial score (nSPS) is 11.0. The lowest BCUT2D eigenvalue weighted by atomic mass is 10.2. The van der Waals surface area contributed by atoms with Crippen molar-refractivity contribution < 1.29 is 5.11 Å². The van der Waals surface area contributed by atoms with Crippen LogP contribution in [0.15, 0.2) is 61.0 Å². The minimum atomic E-state index is 0.260. The molecule has 0 bridgehead atoms. The summed E-state index contributed by atoms with van der Waals surface area (Å²) in [7, 11) is 0. The van der Waals surface area contributed by atoms with E-state index in [4.69, 9.17) is 0 Å². The lowest BCUT2D eigenvalue weighted by Gasteiger charge is -2.25. The molecule has 0 radical (unpaired) electrons. The highest BCUT2D eigenvalue weighted by Gasteiger charge is 2.08. The number of hydrogen-bond acceptors (Lipinski definition) is 2. The predicted molar refractivity (Wildman–Crippen MR) is 69.4 cm³/mol. The van der Waals surface area contributed by atoms with Gasteiger partial charge in [-0.15, -0.1) is 0 Å². The van der Waals surface area contributed by atoms with Gasteiger partial charge in [0, 0.05) is 17.1 Å². The van der Waals surface area contributed by atoms with Crippen LogP contribution in [0.2, 0.25) is 0 Å². The third-order valence-corrected chi connectivity index (χ3v) is 2.20. The molecule has 0 spiro atoms. The number of hydrogen-bond donors (Lipinski definition) is 1. The van der Waals surface area contributed by atoms with Crippen molar-refractivity contribution in [3.63, 3.8) is 0 Å². The Morgan fingerprint density at radius 2 is 1.81 bits per heavy atom. The second-order valence-electron chi connectivity index (χ2n) is 3.63. The number of anilines is 1. The van der Waals surface area contributed by atoms with Gasteiger partial charge in [-0.2, -0.15) is 0 Å². The summed E-state index contributed by atoms with van der Waals surface area (Å²) in [5, 5.41) is 9.25. The predicted octanol–water partition coefficient (Wildman–Crippen LogP) is 3.82. The summed E-state index contributed by atoms with van der Waals surface area (Å²) in [4.78, 5) is 2.00. The quantitative estimate of drug-likeness (QED) is 0.772. The number of benzene rings is 1. The third-order valence-electron chi connectivity index (χ3n) is 2.20. The second kappa shape index (κ2) is 5.21. The molecule has 1 aromatic rings. The first-order chi connectivity index (χ1) is 7.56. The van der Waals surface area contributed by atoms with Gasteiger partial charge >= 0.3 is 0 Å². The van der Waals surface area contributed by atoms with Crippen LogP contribution in [0.25, 0.3) is 0 Å². The zero-order valence-corrected chi connectivity index (χ0v) is 9.77. The lowest BCUT2D eigenvalue weighted by molar-refractivity contribution is 0.475. The lowest BCUT2D eigenvalue weighted by Crippen LogP contribution is -2.17. The maximum absolute atomic E-state index is 9.25. The van der Waals surface area contributed by atoms with Gasteiger partial charge in [0.25, 0.3) is 0 Å². The van der Waals surface area contributed by atoms with Crippen LogP contribution in [0, 0.1) is 0 Å². The fraction of sp³-hybridized carbons (Fsp3) is 0.143. The Bertz CT molecular complexity index is 415. The summed E-state index contributed by atoms with van der Waals surface area (Å²) < 4.78 is 0. The molecule has 2 heteroatoms. The van der Waals surface area contributed by atoms with Gasteiger partial charge < -0.3 is 10.0 Å². The summed E-state index contributed by atoms with van der Waals surface area (Å²) in [6, 6.07) is 7.02. The van der Waals surface area contributed by atoms with Gasteiger partial charge in [0.15, 0.2) is 0 Å². The number of nitrogens with zero attached hydrogens (tertiary/aromatic N) is 1. The zero-order valence-electron chi connectivity index (χ0n) is 9.77. The molecular weight excluding hydrogens is 198 g/mol. The van der Waals surface area contributed by atoms with Crippen molar-refractivity contribution in [1.82, 2.24) is 0 Å². The fourth-order valence-electron chi connectivity index (χ4n) is 1.57. The summed E-state index contributed by atoms with van der Waals surface area (Å²) in [6.45, 7) is 11.6. The van der Waals surface area contributed by atoms with E-state index >= 15 is 0 Å². The molecule has 0 aromatic heterocycles. The number of rotatable bonds is 4. The molecule has 1 N–H and O–H groups in total. The van der Waals surface area contributed by atoms with Crippen molar-refractivity contribution in [2.45, 2.75) is 13.8 Å². The van der Waals surface area contributed by atoms with Gasteiger partial charge in [-0.25, -0.2) is 0 Å². The van der Waals surface area contributed by atoms with Gasteiger partial charge in [-0.3, -0.25) is 0 Å². The average molecular weight is 215 g/mol. The van der Waals surface area contributed by atoms with Crippen LogP contribution in [-0.2, 0) is 0 Å². The molecule has 0 aliphatic carbocycles. The van der Waals surface area contributed by atoms with Crippen molar-refractivity contribution >= 4 is 5.69 Å². The van der Waals surface area contributed by atoms with E-state index in [1.165, 1.54) is 0 Å². The van der Waals surface area contributed by atoms with E-state index in [0.717, 1.165) is 17.1 Å². The van der Waals surface area contributed by atoms with E-state index in [2.05, 4.69) is 13.2 Å². The molecule has 0 saturated carbocycles. The number of allylic oxidation sites excluding steroid dienone is 4. The van der Waals surface area contributed by atoms with Crippen molar-refractivity contribution in [3.8, 4) is 5.75 Å². The standard InChI is InChI=1S/C14H17NO/c1-5-6-12(4)15(11(2)3)13-7-9-14(16)10-8-13/h5-10,16H,1-2H2,3-4H3. The second-order valence-corrected chi connectivity index (χ2v) is 3.63. The van der Waals surface area contributed by atoms with Crippen molar-refractivity contribution in [2.75, 3.05) is 4.90 Å². The molecule has 84 valence electrons. The largest absolute Gasteiger partial charge is 0.508 e. The van der Waals surface area contributed by atoms with Gasteiger partial charge in [0.05, 0.1) is 0 Å². The van der Waals surface area contributed by atoms with Crippen LogP contribution in [-0.4, -0.2) is 5.11 Å². The molecule has 0 atom stereocenters. The average Bonchev–Trinajstić information content (AvgIpc) is 2.21. The molecule has 0 aliphatic heterocycles. The Labute approximate surface area is 96.8 Å². The first kappa shape index (κ1) is 12.1. The van der Waals surface area contributed by atoms with Gasteiger partial charge in [-0.05, 0) is 44.2 Å². The summed E-state index contributed by atoms with van der Waals surface area (Å²) in [5.74, 6) is 0.260. The summed E-state index contributed by atoms with van der Waals surface area (Å²) in [5.41, 5.74) is 2.93. The van der Waals surface area contributed by atoms with E-state index in [0.29, 0.717) is 0 Å². The molecule has 0 aliphatic rings. The number of aromatic hydroxyl groups is 1. The van der Waals surface area contributed by atoms with E-state index < -0.39 is 0 Å². The molecule has 0 heterocycles. The highest BCUT2D eigenvalue weighted by atomic mass is 16.3. The number of phenols is 1. The van der Waals surface area contributed by atoms with Crippen LogP contribution < -0.4 is 4.90 Å². The monoisotopic (exact) mass is 215 g/mol. The van der Waals surface area contributed by atoms with E-state index in [1.54, 1.807) is 18.2 Å². The van der Waals surface area contributed by atoms with Crippen LogP contribution in [0.1, 0.15) is 13.8 Å². The maximum atomic E-state index is 9.25. The molecule has 0 amide bonds. The van der Waals surface area contributed by atoms with Crippen molar-refractivity contribution in [1.29, 1.82) is 0 Å². The molecule has 0 saturated heterocycles. The van der Waals surface area contributed by atoms with Crippen LogP contribution >= 0.6 is 0 Å². The molecule has 2 nitrogen and oxygen atoms in total. The first-order valence-corrected chi connectivity index (χ1v) is 5.10.